The van der Waals surface area contributed by atoms with Crippen LogP contribution in [0, 0.1) is 0 Å². The number of carboxylic acids is 1. The first-order chi connectivity index (χ1) is 18.4. The lowest BCUT2D eigenvalue weighted by molar-refractivity contribution is -0.139. The molecular formula is C28H30N4O6. The number of fused-ring (bicyclic) bond motifs is 1. The number of carbonyl (C=O) groups is 3. The molecule has 0 aliphatic carbocycles. The molecule has 0 unspecified atom stereocenters. The van der Waals surface area contributed by atoms with Crippen molar-refractivity contribution in [2.24, 2.45) is 0 Å². The number of aromatic hydroxyl groups is 1. The first-order valence-electron chi connectivity index (χ1n) is 12.4. The van der Waals surface area contributed by atoms with Crippen molar-refractivity contribution >= 4 is 29.8 Å². The Morgan fingerprint density at radius 1 is 1.13 bits per heavy atom. The maximum Gasteiger partial charge on any atom is 0.326 e. The SMILES string of the molecule is O=CNc1cc(C(=O)N[C@@H](Cc2ccc(OCCCc3ccc4c(n3)NCCC4)cc2)C(=O)O)ccc1O. The molecule has 0 bridgehead atoms. The van der Waals surface area contributed by atoms with Crippen LogP contribution >= 0.6 is 0 Å². The van der Waals surface area contributed by atoms with E-state index in [2.05, 4.69) is 28.1 Å². The van der Waals surface area contributed by atoms with Gasteiger partial charge in [-0.3, -0.25) is 9.59 Å². The summed E-state index contributed by atoms with van der Waals surface area (Å²) in [5.74, 6) is -0.378. The number of aliphatic carboxylic acids is 1. The van der Waals surface area contributed by atoms with E-state index >= 15 is 0 Å². The molecule has 1 aromatic heterocycles. The predicted molar refractivity (Wildman–Crippen MR) is 142 cm³/mol. The highest BCUT2D eigenvalue weighted by Crippen LogP contribution is 2.24. The van der Waals surface area contributed by atoms with E-state index in [-0.39, 0.29) is 23.4 Å². The van der Waals surface area contributed by atoms with Crippen molar-refractivity contribution in [3.8, 4) is 11.5 Å². The van der Waals surface area contributed by atoms with E-state index in [1.807, 2.05) is 0 Å². The summed E-state index contributed by atoms with van der Waals surface area (Å²) in [4.78, 5) is 39.7. The molecule has 0 saturated heterocycles. The lowest BCUT2D eigenvalue weighted by Gasteiger charge is -2.17. The summed E-state index contributed by atoms with van der Waals surface area (Å²) in [5, 5.41) is 27.5. The number of nitrogens with one attached hydrogen (secondary N) is 3. The molecule has 1 atom stereocenters. The molecule has 5 N–H and O–H groups in total. The second-order valence-corrected chi connectivity index (χ2v) is 9.00. The Balaban J connectivity index is 1.27. The molecule has 0 spiro atoms. The second-order valence-electron chi connectivity index (χ2n) is 9.00. The van der Waals surface area contributed by atoms with Gasteiger partial charge in [0.05, 0.1) is 12.3 Å². The smallest absolute Gasteiger partial charge is 0.326 e. The number of ether oxygens (including phenoxy) is 1. The van der Waals surface area contributed by atoms with Crippen molar-refractivity contribution < 1.29 is 29.3 Å². The van der Waals surface area contributed by atoms with Gasteiger partial charge in [0.15, 0.2) is 0 Å². The quantitative estimate of drug-likeness (QED) is 0.139. The van der Waals surface area contributed by atoms with Crippen molar-refractivity contribution in [1.29, 1.82) is 0 Å². The van der Waals surface area contributed by atoms with Gasteiger partial charge in [-0.2, -0.15) is 0 Å². The monoisotopic (exact) mass is 518 g/mol. The van der Waals surface area contributed by atoms with Gasteiger partial charge in [0.2, 0.25) is 6.41 Å². The molecule has 4 rings (SSSR count). The number of nitrogens with zero attached hydrogens (tertiary/aromatic N) is 1. The molecule has 10 heteroatoms. The van der Waals surface area contributed by atoms with E-state index in [1.54, 1.807) is 24.3 Å². The first-order valence-corrected chi connectivity index (χ1v) is 12.4. The zero-order chi connectivity index (χ0) is 26.9. The highest BCUT2D eigenvalue weighted by molar-refractivity contribution is 5.98. The van der Waals surface area contributed by atoms with Gasteiger partial charge < -0.3 is 30.9 Å². The standard InChI is InChI=1S/C28H30N4O6/c33-17-30-23-16-20(8-12-25(23)34)27(35)32-24(28(36)37)15-18-5-10-22(11-6-18)38-14-2-4-21-9-7-19-3-1-13-29-26(19)31-21/h5-12,16-17,24,34H,1-4,13-15H2,(H,29,31)(H,30,33)(H,32,35)(H,36,37)/t24-/m0/s1. The third kappa shape index (κ3) is 7.00. The summed E-state index contributed by atoms with van der Waals surface area (Å²) >= 11 is 0. The average molecular weight is 519 g/mol. The molecule has 38 heavy (non-hydrogen) atoms. The van der Waals surface area contributed by atoms with Crippen molar-refractivity contribution in [3.63, 3.8) is 0 Å². The lowest BCUT2D eigenvalue weighted by Crippen LogP contribution is -2.42. The summed E-state index contributed by atoms with van der Waals surface area (Å²) in [7, 11) is 0. The van der Waals surface area contributed by atoms with Gasteiger partial charge in [0.25, 0.3) is 5.91 Å². The Morgan fingerprint density at radius 3 is 2.71 bits per heavy atom. The van der Waals surface area contributed by atoms with Crippen LogP contribution < -0.4 is 20.7 Å². The van der Waals surface area contributed by atoms with E-state index in [4.69, 9.17) is 9.72 Å². The molecule has 1 aliphatic rings. The minimum atomic E-state index is -1.19. The molecule has 0 radical (unpaired) electrons. The van der Waals surface area contributed by atoms with Crippen LogP contribution in [0.4, 0.5) is 11.5 Å². The number of aryl methyl sites for hydroxylation is 2. The zero-order valence-corrected chi connectivity index (χ0v) is 20.8. The summed E-state index contributed by atoms with van der Waals surface area (Å²) in [6.07, 6.45) is 4.25. The lowest BCUT2D eigenvalue weighted by atomic mass is 10.0. The van der Waals surface area contributed by atoms with Gasteiger partial charge in [-0.1, -0.05) is 18.2 Å². The van der Waals surface area contributed by atoms with Crippen LogP contribution in [0.1, 0.15) is 40.0 Å². The van der Waals surface area contributed by atoms with Crippen molar-refractivity contribution in [2.45, 2.75) is 38.1 Å². The second kappa shape index (κ2) is 12.6. The Labute approximate surface area is 220 Å². The third-order valence-corrected chi connectivity index (χ3v) is 6.24. The van der Waals surface area contributed by atoms with Crippen LogP contribution in [0.2, 0.25) is 0 Å². The number of hydrogen-bond donors (Lipinski definition) is 5. The molecule has 2 aromatic carbocycles. The van der Waals surface area contributed by atoms with Gasteiger partial charge in [0.1, 0.15) is 23.4 Å². The molecule has 198 valence electrons. The van der Waals surface area contributed by atoms with Gasteiger partial charge in [-0.15, -0.1) is 0 Å². The van der Waals surface area contributed by atoms with Crippen molar-refractivity contribution in [3.05, 3.63) is 77.0 Å². The number of phenols is 1. The highest BCUT2D eigenvalue weighted by atomic mass is 16.5. The minimum Gasteiger partial charge on any atom is -0.506 e. The summed E-state index contributed by atoms with van der Waals surface area (Å²) in [6, 6.07) is 14.0. The number of carboxylic acid groups (broad SMARTS) is 1. The fourth-order valence-corrected chi connectivity index (χ4v) is 4.21. The van der Waals surface area contributed by atoms with Gasteiger partial charge in [-0.05, 0) is 73.2 Å². The third-order valence-electron chi connectivity index (χ3n) is 6.24. The van der Waals surface area contributed by atoms with Crippen LogP contribution in [0.5, 0.6) is 11.5 Å². The Hall–Kier alpha value is -4.60. The van der Waals surface area contributed by atoms with Crippen LogP contribution in [0.25, 0.3) is 0 Å². The summed E-state index contributed by atoms with van der Waals surface area (Å²) in [5.41, 5.74) is 3.16. The summed E-state index contributed by atoms with van der Waals surface area (Å²) in [6.45, 7) is 1.48. The normalized spacial score (nSPS) is 12.9. The van der Waals surface area contributed by atoms with E-state index in [1.165, 1.54) is 23.8 Å². The first kappa shape index (κ1) is 26.5. The molecule has 2 amide bonds. The number of phenolic OH excluding ortho intramolecular Hbond substituents is 1. The fourth-order valence-electron chi connectivity index (χ4n) is 4.21. The fraction of sp³-hybridized carbons (Fsp3) is 0.286. The molecule has 10 nitrogen and oxygen atoms in total. The average Bonchev–Trinajstić information content (AvgIpc) is 2.92. The number of anilines is 2. The van der Waals surface area contributed by atoms with Gasteiger partial charge in [-0.25, -0.2) is 9.78 Å². The number of carbonyl (C=O) groups excluding carboxylic acids is 2. The predicted octanol–water partition coefficient (Wildman–Crippen LogP) is 3.15. The maximum atomic E-state index is 12.6. The number of amides is 2. The molecule has 3 aromatic rings. The number of rotatable bonds is 12. The number of aromatic nitrogens is 1. The van der Waals surface area contributed by atoms with Crippen LogP contribution in [0.3, 0.4) is 0 Å². The van der Waals surface area contributed by atoms with E-state index in [9.17, 15) is 24.6 Å². The van der Waals surface area contributed by atoms with Gasteiger partial charge in [0, 0.05) is 24.2 Å². The molecule has 0 saturated carbocycles. The van der Waals surface area contributed by atoms with Crippen LogP contribution in [-0.2, 0) is 28.9 Å². The highest BCUT2D eigenvalue weighted by Gasteiger charge is 2.22. The molecule has 0 fully saturated rings. The topological polar surface area (TPSA) is 150 Å². The Morgan fingerprint density at radius 2 is 1.95 bits per heavy atom. The van der Waals surface area contributed by atoms with E-state index in [0.717, 1.165) is 43.7 Å². The van der Waals surface area contributed by atoms with Crippen molar-refractivity contribution in [2.75, 3.05) is 23.8 Å². The van der Waals surface area contributed by atoms with E-state index < -0.39 is 17.9 Å². The Kier molecular flexibility index (Phi) is 8.76. The number of hydrogen-bond acceptors (Lipinski definition) is 7. The Bertz CT molecular complexity index is 1300. The van der Waals surface area contributed by atoms with Crippen molar-refractivity contribution in [1.82, 2.24) is 10.3 Å². The maximum absolute atomic E-state index is 12.6. The molecule has 2 heterocycles. The zero-order valence-electron chi connectivity index (χ0n) is 20.8. The van der Waals surface area contributed by atoms with Gasteiger partial charge >= 0.3 is 5.97 Å². The number of benzene rings is 2. The van der Waals surface area contributed by atoms with Crippen LogP contribution in [-0.4, -0.2) is 52.7 Å². The molecular weight excluding hydrogens is 488 g/mol. The summed E-state index contributed by atoms with van der Waals surface area (Å²) < 4.78 is 5.83. The number of pyridine rings is 1. The van der Waals surface area contributed by atoms with E-state index in [0.29, 0.717) is 24.3 Å². The van der Waals surface area contributed by atoms with Crippen LogP contribution in [0.15, 0.2) is 54.6 Å². The minimum absolute atomic E-state index is 0.0473. The largest absolute Gasteiger partial charge is 0.506 e. The molecule has 1 aliphatic heterocycles.